The minimum absolute atomic E-state index is 0.0900. The van der Waals surface area contributed by atoms with Crippen molar-refractivity contribution in [2.75, 3.05) is 18.9 Å². The SMILES string of the molecule is CCCCCC(C)NC(=NC)NCC(=O)Nc1ccccc1. The van der Waals surface area contributed by atoms with E-state index in [1.165, 1.54) is 19.3 Å². The Bertz CT molecular complexity index is 459. The number of para-hydroxylation sites is 1. The van der Waals surface area contributed by atoms with E-state index in [0.29, 0.717) is 12.0 Å². The molecule has 0 saturated heterocycles. The number of rotatable bonds is 8. The van der Waals surface area contributed by atoms with Gasteiger partial charge in [0.25, 0.3) is 0 Å². The minimum Gasteiger partial charge on any atom is -0.354 e. The normalized spacial score (nSPS) is 12.6. The highest BCUT2D eigenvalue weighted by Crippen LogP contribution is 2.04. The van der Waals surface area contributed by atoms with E-state index < -0.39 is 0 Å². The predicted molar refractivity (Wildman–Crippen MR) is 93.2 cm³/mol. The van der Waals surface area contributed by atoms with Crippen molar-refractivity contribution in [3.05, 3.63) is 30.3 Å². The van der Waals surface area contributed by atoms with E-state index in [9.17, 15) is 4.79 Å². The summed E-state index contributed by atoms with van der Waals surface area (Å²) in [5.41, 5.74) is 0.796. The van der Waals surface area contributed by atoms with Gasteiger partial charge in [0.2, 0.25) is 5.91 Å². The molecule has 0 saturated carbocycles. The number of carbonyl (C=O) groups excluding carboxylic acids is 1. The van der Waals surface area contributed by atoms with Crippen LogP contribution in [0.15, 0.2) is 35.3 Å². The van der Waals surface area contributed by atoms with Crippen molar-refractivity contribution in [2.45, 2.75) is 45.6 Å². The highest BCUT2D eigenvalue weighted by atomic mass is 16.1. The lowest BCUT2D eigenvalue weighted by Gasteiger charge is -2.17. The number of benzene rings is 1. The largest absolute Gasteiger partial charge is 0.354 e. The molecule has 0 aliphatic rings. The van der Waals surface area contributed by atoms with Crippen LogP contribution in [0, 0.1) is 0 Å². The standard InChI is InChI=1S/C17H28N4O/c1-4-5-7-10-14(2)20-17(18-3)19-13-16(22)21-15-11-8-6-9-12-15/h6,8-9,11-12,14H,4-5,7,10,13H2,1-3H3,(H,21,22)(H2,18,19,20). The number of unbranched alkanes of at least 4 members (excludes halogenated alkanes) is 2. The molecule has 3 N–H and O–H groups in total. The van der Waals surface area contributed by atoms with E-state index >= 15 is 0 Å². The zero-order valence-electron chi connectivity index (χ0n) is 13.9. The molecule has 5 heteroatoms. The smallest absolute Gasteiger partial charge is 0.243 e. The molecule has 0 radical (unpaired) electrons. The van der Waals surface area contributed by atoms with Gasteiger partial charge in [-0.05, 0) is 25.5 Å². The minimum atomic E-state index is -0.0900. The summed E-state index contributed by atoms with van der Waals surface area (Å²) >= 11 is 0. The monoisotopic (exact) mass is 304 g/mol. The second-order valence-corrected chi connectivity index (χ2v) is 5.38. The maximum absolute atomic E-state index is 11.9. The van der Waals surface area contributed by atoms with Gasteiger partial charge in [0.15, 0.2) is 5.96 Å². The molecular formula is C17H28N4O. The molecule has 0 aromatic heterocycles. The number of carbonyl (C=O) groups is 1. The summed E-state index contributed by atoms with van der Waals surface area (Å²) in [6, 6.07) is 9.76. The van der Waals surface area contributed by atoms with Crippen molar-refractivity contribution in [1.82, 2.24) is 10.6 Å². The van der Waals surface area contributed by atoms with Crippen molar-refractivity contribution in [2.24, 2.45) is 4.99 Å². The lowest BCUT2D eigenvalue weighted by molar-refractivity contribution is -0.115. The van der Waals surface area contributed by atoms with Gasteiger partial charge in [0.1, 0.15) is 0 Å². The Morgan fingerprint density at radius 2 is 1.95 bits per heavy atom. The molecular weight excluding hydrogens is 276 g/mol. The van der Waals surface area contributed by atoms with Gasteiger partial charge in [0, 0.05) is 18.8 Å². The average molecular weight is 304 g/mol. The Kier molecular flexibility index (Phi) is 8.72. The Morgan fingerprint density at radius 1 is 1.23 bits per heavy atom. The maximum atomic E-state index is 11.9. The fraction of sp³-hybridized carbons (Fsp3) is 0.529. The van der Waals surface area contributed by atoms with Gasteiger partial charge >= 0.3 is 0 Å². The number of guanidine groups is 1. The highest BCUT2D eigenvalue weighted by molar-refractivity contribution is 5.94. The van der Waals surface area contributed by atoms with Crippen LogP contribution in [-0.4, -0.2) is 31.5 Å². The average Bonchev–Trinajstić information content (AvgIpc) is 2.52. The fourth-order valence-electron chi connectivity index (χ4n) is 2.09. The van der Waals surface area contributed by atoms with Gasteiger partial charge in [-0.25, -0.2) is 0 Å². The summed E-state index contributed by atoms with van der Waals surface area (Å²) in [4.78, 5) is 16.0. The van der Waals surface area contributed by atoms with Crippen LogP contribution in [0.1, 0.15) is 39.5 Å². The second kappa shape index (κ2) is 10.7. The number of hydrogen-bond donors (Lipinski definition) is 3. The molecule has 0 fully saturated rings. The first-order chi connectivity index (χ1) is 10.7. The zero-order chi connectivity index (χ0) is 16.2. The number of nitrogens with zero attached hydrogens (tertiary/aromatic N) is 1. The van der Waals surface area contributed by atoms with E-state index in [4.69, 9.17) is 0 Å². The third-order valence-corrected chi connectivity index (χ3v) is 3.32. The molecule has 0 aliphatic heterocycles. The summed E-state index contributed by atoms with van der Waals surface area (Å²) in [5.74, 6) is 0.569. The molecule has 0 heterocycles. The van der Waals surface area contributed by atoms with Crippen molar-refractivity contribution >= 4 is 17.6 Å². The summed E-state index contributed by atoms with van der Waals surface area (Å²) in [5, 5.41) is 9.17. The Hall–Kier alpha value is -2.04. The van der Waals surface area contributed by atoms with Crippen LogP contribution in [0.3, 0.4) is 0 Å². The zero-order valence-corrected chi connectivity index (χ0v) is 13.9. The molecule has 5 nitrogen and oxygen atoms in total. The Morgan fingerprint density at radius 3 is 2.59 bits per heavy atom. The first kappa shape index (κ1) is 18.0. The van der Waals surface area contributed by atoms with Gasteiger partial charge in [0.05, 0.1) is 6.54 Å². The third-order valence-electron chi connectivity index (χ3n) is 3.32. The number of nitrogens with one attached hydrogen (secondary N) is 3. The molecule has 1 unspecified atom stereocenters. The van der Waals surface area contributed by atoms with Crippen molar-refractivity contribution in [3.63, 3.8) is 0 Å². The van der Waals surface area contributed by atoms with Crippen LogP contribution in [0.25, 0.3) is 0 Å². The topological polar surface area (TPSA) is 65.5 Å². The van der Waals surface area contributed by atoms with Crippen molar-refractivity contribution in [1.29, 1.82) is 0 Å². The summed E-state index contributed by atoms with van der Waals surface area (Å²) < 4.78 is 0. The molecule has 1 rings (SSSR count). The number of aliphatic imine (C=N–C) groups is 1. The van der Waals surface area contributed by atoms with Crippen LogP contribution in [-0.2, 0) is 4.79 Å². The van der Waals surface area contributed by atoms with E-state index in [0.717, 1.165) is 12.1 Å². The molecule has 0 aliphatic carbocycles. The summed E-state index contributed by atoms with van der Waals surface area (Å²) in [6.07, 6.45) is 4.78. The summed E-state index contributed by atoms with van der Waals surface area (Å²) in [7, 11) is 1.71. The van der Waals surface area contributed by atoms with Gasteiger partial charge in [-0.2, -0.15) is 0 Å². The first-order valence-electron chi connectivity index (χ1n) is 7.97. The van der Waals surface area contributed by atoms with Crippen molar-refractivity contribution in [3.8, 4) is 0 Å². The molecule has 0 spiro atoms. The van der Waals surface area contributed by atoms with E-state index in [-0.39, 0.29) is 12.5 Å². The van der Waals surface area contributed by atoms with E-state index in [1.807, 2.05) is 30.3 Å². The molecule has 0 bridgehead atoms. The van der Waals surface area contributed by atoms with E-state index in [2.05, 4.69) is 34.8 Å². The van der Waals surface area contributed by atoms with Crippen LogP contribution in [0.4, 0.5) is 5.69 Å². The third kappa shape index (κ3) is 7.67. The number of hydrogen-bond acceptors (Lipinski definition) is 2. The molecule has 1 aromatic carbocycles. The Balaban J connectivity index is 2.29. The lowest BCUT2D eigenvalue weighted by Crippen LogP contribution is -2.44. The first-order valence-corrected chi connectivity index (χ1v) is 7.97. The number of amides is 1. The Labute approximate surface area is 133 Å². The van der Waals surface area contributed by atoms with Gasteiger partial charge in [-0.1, -0.05) is 44.4 Å². The van der Waals surface area contributed by atoms with Crippen LogP contribution in [0.2, 0.25) is 0 Å². The molecule has 1 aromatic rings. The predicted octanol–water partition coefficient (Wildman–Crippen LogP) is 2.76. The fourth-order valence-corrected chi connectivity index (χ4v) is 2.09. The molecule has 1 amide bonds. The number of anilines is 1. The molecule has 122 valence electrons. The van der Waals surface area contributed by atoms with Gasteiger partial charge in [-0.15, -0.1) is 0 Å². The highest BCUT2D eigenvalue weighted by Gasteiger charge is 2.07. The molecule has 1 atom stereocenters. The van der Waals surface area contributed by atoms with Crippen LogP contribution in [0.5, 0.6) is 0 Å². The van der Waals surface area contributed by atoms with Gasteiger partial charge < -0.3 is 16.0 Å². The van der Waals surface area contributed by atoms with E-state index in [1.54, 1.807) is 7.05 Å². The van der Waals surface area contributed by atoms with Gasteiger partial charge in [-0.3, -0.25) is 9.79 Å². The van der Waals surface area contributed by atoms with Crippen LogP contribution < -0.4 is 16.0 Å². The lowest BCUT2D eigenvalue weighted by atomic mass is 10.1. The maximum Gasteiger partial charge on any atom is 0.243 e. The van der Waals surface area contributed by atoms with Crippen molar-refractivity contribution < 1.29 is 4.79 Å². The second-order valence-electron chi connectivity index (χ2n) is 5.38. The molecule has 22 heavy (non-hydrogen) atoms. The van der Waals surface area contributed by atoms with Crippen LogP contribution >= 0.6 is 0 Å². The quantitative estimate of drug-likeness (QED) is 0.393. The summed E-state index contributed by atoms with van der Waals surface area (Å²) in [6.45, 7) is 4.52.